The number of carbonyl (C=O) groups excluding carboxylic acids is 1. The summed E-state index contributed by atoms with van der Waals surface area (Å²) in [5.74, 6) is -0.0389. The molecule has 1 fully saturated rings. The zero-order chi connectivity index (χ0) is 10.7. The van der Waals surface area contributed by atoms with Gasteiger partial charge in [0.2, 0.25) is 0 Å². The van der Waals surface area contributed by atoms with Gasteiger partial charge in [-0.05, 0) is 18.9 Å². The van der Waals surface area contributed by atoms with E-state index in [9.17, 15) is 4.79 Å². The summed E-state index contributed by atoms with van der Waals surface area (Å²) in [6.07, 6.45) is 3.91. The fourth-order valence-electron chi connectivity index (χ4n) is 1.76. The minimum atomic E-state index is -0.0389. The van der Waals surface area contributed by atoms with Crippen molar-refractivity contribution in [1.82, 2.24) is 15.1 Å². The fourth-order valence-corrected chi connectivity index (χ4v) is 1.76. The van der Waals surface area contributed by atoms with Crippen LogP contribution in [-0.2, 0) is 4.74 Å². The Labute approximate surface area is 88.4 Å². The quantitative estimate of drug-likeness (QED) is 0.795. The Bertz CT molecular complexity index is 317. The van der Waals surface area contributed by atoms with Crippen LogP contribution in [0.5, 0.6) is 0 Å². The van der Waals surface area contributed by atoms with Crippen LogP contribution in [0.1, 0.15) is 23.3 Å². The Kier molecular flexibility index (Phi) is 3.01. The van der Waals surface area contributed by atoms with Crippen molar-refractivity contribution < 1.29 is 9.53 Å². The molecule has 0 aromatic carbocycles. The molecular weight excluding hydrogens is 194 g/mol. The molecule has 1 unspecified atom stereocenters. The molecular formula is C10H15N3O2. The van der Waals surface area contributed by atoms with Gasteiger partial charge in [0.05, 0.1) is 6.10 Å². The zero-order valence-corrected chi connectivity index (χ0v) is 8.77. The van der Waals surface area contributed by atoms with Crippen LogP contribution in [-0.4, -0.2) is 47.3 Å². The van der Waals surface area contributed by atoms with Crippen LogP contribution < -0.4 is 0 Å². The summed E-state index contributed by atoms with van der Waals surface area (Å²) >= 11 is 0. The molecule has 15 heavy (non-hydrogen) atoms. The van der Waals surface area contributed by atoms with E-state index in [2.05, 4.69) is 10.2 Å². The summed E-state index contributed by atoms with van der Waals surface area (Å²) in [7, 11) is 1.78. The van der Waals surface area contributed by atoms with E-state index in [4.69, 9.17) is 4.74 Å². The smallest absolute Gasteiger partial charge is 0.271 e. The number of nitrogens with one attached hydrogen (secondary N) is 1. The number of amides is 1. The molecule has 1 aliphatic heterocycles. The van der Waals surface area contributed by atoms with E-state index in [1.165, 1.54) is 0 Å². The van der Waals surface area contributed by atoms with Gasteiger partial charge in [-0.15, -0.1) is 0 Å². The van der Waals surface area contributed by atoms with E-state index in [0.29, 0.717) is 12.2 Å². The second kappa shape index (κ2) is 4.44. The first-order valence-corrected chi connectivity index (χ1v) is 5.14. The topological polar surface area (TPSA) is 58.2 Å². The average molecular weight is 209 g/mol. The lowest BCUT2D eigenvalue weighted by molar-refractivity contribution is 0.0582. The summed E-state index contributed by atoms with van der Waals surface area (Å²) in [5, 5.41) is 6.41. The Morgan fingerprint density at radius 2 is 2.67 bits per heavy atom. The highest BCUT2D eigenvalue weighted by atomic mass is 16.5. The summed E-state index contributed by atoms with van der Waals surface area (Å²) < 4.78 is 5.47. The first-order valence-electron chi connectivity index (χ1n) is 5.14. The third-order valence-electron chi connectivity index (χ3n) is 2.58. The van der Waals surface area contributed by atoms with E-state index in [1.807, 2.05) is 0 Å². The molecule has 1 aliphatic rings. The highest BCUT2D eigenvalue weighted by molar-refractivity contribution is 5.91. The molecule has 1 aromatic heterocycles. The molecule has 1 aromatic rings. The first kappa shape index (κ1) is 10.2. The van der Waals surface area contributed by atoms with Crippen LogP contribution >= 0.6 is 0 Å². The first-order chi connectivity index (χ1) is 7.27. The minimum Gasteiger partial charge on any atom is -0.376 e. The molecule has 1 N–H and O–H groups in total. The van der Waals surface area contributed by atoms with Crippen LogP contribution in [0.2, 0.25) is 0 Å². The summed E-state index contributed by atoms with van der Waals surface area (Å²) in [6.45, 7) is 1.47. The van der Waals surface area contributed by atoms with Gasteiger partial charge in [-0.1, -0.05) is 0 Å². The third-order valence-corrected chi connectivity index (χ3v) is 2.58. The summed E-state index contributed by atoms with van der Waals surface area (Å²) in [4.78, 5) is 13.5. The van der Waals surface area contributed by atoms with Gasteiger partial charge >= 0.3 is 0 Å². The standard InChI is InChI=1S/C10H15N3O2/c1-13(7-8-3-2-6-15-8)10(14)9-4-5-11-12-9/h4-5,8H,2-3,6-7H2,1H3,(H,11,12). The van der Waals surface area contributed by atoms with Crippen molar-refractivity contribution in [2.45, 2.75) is 18.9 Å². The highest BCUT2D eigenvalue weighted by Gasteiger charge is 2.21. The number of hydrogen-bond acceptors (Lipinski definition) is 3. The fraction of sp³-hybridized carbons (Fsp3) is 0.600. The second-order valence-corrected chi connectivity index (χ2v) is 3.79. The van der Waals surface area contributed by atoms with Gasteiger partial charge in [-0.3, -0.25) is 9.89 Å². The monoisotopic (exact) mass is 209 g/mol. The predicted octanol–water partition coefficient (Wildman–Crippen LogP) is 0.661. The lowest BCUT2D eigenvalue weighted by Crippen LogP contribution is -2.34. The Hall–Kier alpha value is -1.36. The molecule has 1 saturated heterocycles. The van der Waals surface area contributed by atoms with E-state index < -0.39 is 0 Å². The minimum absolute atomic E-state index is 0.0389. The number of aromatic nitrogens is 2. The van der Waals surface area contributed by atoms with Gasteiger partial charge in [0.25, 0.3) is 5.91 Å². The Morgan fingerprint density at radius 1 is 1.80 bits per heavy atom. The van der Waals surface area contributed by atoms with E-state index >= 15 is 0 Å². The number of ether oxygens (including phenoxy) is 1. The van der Waals surface area contributed by atoms with Crippen molar-refractivity contribution in [3.63, 3.8) is 0 Å². The molecule has 1 atom stereocenters. The van der Waals surface area contributed by atoms with Gasteiger partial charge in [0, 0.05) is 26.4 Å². The maximum absolute atomic E-state index is 11.8. The maximum atomic E-state index is 11.8. The number of H-pyrrole nitrogens is 1. The second-order valence-electron chi connectivity index (χ2n) is 3.79. The SMILES string of the molecule is CN(CC1CCCO1)C(=O)c1ccn[nH]1. The number of aromatic amines is 1. The van der Waals surface area contributed by atoms with Gasteiger partial charge in [0.1, 0.15) is 5.69 Å². The molecule has 5 nitrogen and oxygen atoms in total. The van der Waals surface area contributed by atoms with Crippen LogP contribution in [0.4, 0.5) is 0 Å². The van der Waals surface area contributed by atoms with E-state index in [1.54, 1.807) is 24.2 Å². The largest absolute Gasteiger partial charge is 0.376 e. The number of hydrogen-bond donors (Lipinski definition) is 1. The highest BCUT2D eigenvalue weighted by Crippen LogP contribution is 2.13. The molecule has 0 bridgehead atoms. The molecule has 82 valence electrons. The predicted molar refractivity (Wildman–Crippen MR) is 54.5 cm³/mol. The maximum Gasteiger partial charge on any atom is 0.271 e. The summed E-state index contributed by atoms with van der Waals surface area (Å²) in [6, 6.07) is 1.67. The molecule has 2 heterocycles. The van der Waals surface area contributed by atoms with E-state index in [0.717, 1.165) is 19.4 Å². The van der Waals surface area contributed by atoms with Crippen LogP contribution in [0, 0.1) is 0 Å². The number of rotatable bonds is 3. The molecule has 0 spiro atoms. The molecule has 0 radical (unpaired) electrons. The van der Waals surface area contributed by atoms with Crippen LogP contribution in [0.25, 0.3) is 0 Å². The molecule has 0 aliphatic carbocycles. The van der Waals surface area contributed by atoms with Crippen LogP contribution in [0.3, 0.4) is 0 Å². The van der Waals surface area contributed by atoms with Crippen molar-refractivity contribution in [3.05, 3.63) is 18.0 Å². The van der Waals surface area contributed by atoms with Gasteiger partial charge in [0.15, 0.2) is 0 Å². The third kappa shape index (κ3) is 2.36. The normalized spacial score (nSPS) is 20.5. The van der Waals surface area contributed by atoms with Crippen molar-refractivity contribution in [3.8, 4) is 0 Å². The van der Waals surface area contributed by atoms with Gasteiger partial charge in [-0.25, -0.2) is 0 Å². The molecule has 5 heteroatoms. The lowest BCUT2D eigenvalue weighted by atomic mass is 10.2. The lowest BCUT2D eigenvalue weighted by Gasteiger charge is -2.19. The number of likely N-dealkylation sites (N-methyl/N-ethyl adjacent to an activating group) is 1. The van der Waals surface area contributed by atoms with Crippen molar-refractivity contribution in [2.24, 2.45) is 0 Å². The van der Waals surface area contributed by atoms with Gasteiger partial charge < -0.3 is 9.64 Å². The zero-order valence-electron chi connectivity index (χ0n) is 8.77. The van der Waals surface area contributed by atoms with Gasteiger partial charge in [-0.2, -0.15) is 5.10 Å². The number of carbonyl (C=O) groups is 1. The van der Waals surface area contributed by atoms with Crippen molar-refractivity contribution in [2.75, 3.05) is 20.2 Å². The van der Waals surface area contributed by atoms with Crippen molar-refractivity contribution in [1.29, 1.82) is 0 Å². The van der Waals surface area contributed by atoms with Crippen LogP contribution in [0.15, 0.2) is 12.3 Å². The summed E-state index contributed by atoms with van der Waals surface area (Å²) in [5.41, 5.74) is 0.524. The number of nitrogens with zero attached hydrogens (tertiary/aromatic N) is 2. The Balaban J connectivity index is 1.90. The molecule has 0 saturated carbocycles. The van der Waals surface area contributed by atoms with Crippen molar-refractivity contribution >= 4 is 5.91 Å². The Morgan fingerprint density at radius 3 is 3.27 bits per heavy atom. The average Bonchev–Trinajstić information content (AvgIpc) is 2.88. The van der Waals surface area contributed by atoms with E-state index in [-0.39, 0.29) is 12.0 Å². The molecule has 2 rings (SSSR count). The molecule has 1 amide bonds.